The van der Waals surface area contributed by atoms with Crippen molar-refractivity contribution in [1.29, 1.82) is 5.26 Å². The number of hydrogen-bond acceptors (Lipinski definition) is 9. The van der Waals surface area contributed by atoms with Gasteiger partial charge in [0.15, 0.2) is 5.71 Å². The number of nitrogens with zero attached hydrogens (tertiary/aromatic N) is 4. The second-order valence-electron chi connectivity index (χ2n) is 4.80. The van der Waals surface area contributed by atoms with Gasteiger partial charge in [0.1, 0.15) is 32.6 Å². The van der Waals surface area contributed by atoms with E-state index in [1.165, 1.54) is 21.3 Å². The molecule has 0 spiro atoms. The lowest BCUT2D eigenvalue weighted by Gasteiger charge is -2.20. The molecule has 25 heavy (non-hydrogen) atoms. The molecule has 0 aromatic rings. The maximum atomic E-state index is 11.9. The van der Waals surface area contributed by atoms with Crippen LogP contribution >= 0.6 is 0 Å². The Morgan fingerprint density at radius 3 is 2.60 bits per heavy atom. The fourth-order valence-corrected chi connectivity index (χ4v) is 2.03. The van der Waals surface area contributed by atoms with Crippen molar-refractivity contribution in [3.05, 3.63) is 23.8 Å². The van der Waals surface area contributed by atoms with Gasteiger partial charge in [-0.3, -0.25) is 0 Å². The van der Waals surface area contributed by atoms with Crippen LogP contribution in [0.15, 0.2) is 39.3 Å². The molecule has 9 nitrogen and oxygen atoms in total. The summed E-state index contributed by atoms with van der Waals surface area (Å²) in [4.78, 5) is 26.5. The van der Waals surface area contributed by atoms with Crippen molar-refractivity contribution in [3.63, 3.8) is 0 Å². The normalized spacial score (nSPS) is 18.1. The molecule has 0 aliphatic heterocycles. The van der Waals surface area contributed by atoms with Crippen molar-refractivity contribution in [2.45, 2.75) is 13.3 Å². The van der Waals surface area contributed by atoms with Crippen LogP contribution in [-0.4, -0.2) is 51.0 Å². The lowest BCUT2D eigenvalue weighted by Crippen LogP contribution is -2.26. The quantitative estimate of drug-likeness (QED) is 0.374. The third kappa shape index (κ3) is 5.76. The first-order valence-electron chi connectivity index (χ1n) is 7.33. The number of nitriles is 1. The molecule has 1 unspecified atom stereocenters. The summed E-state index contributed by atoms with van der Waals surface area (Å²) in [6.07, 6.45) is 6.11. The van der Waals surface area contributed by atoms with Crippen LogP contribution in [0.4, 0.5) is 0 Å². The van der Waals surface area contributed by atoms with Crippen molar-refractivity contribution in [2.75, 3.05) is 27.9 Å². The molecule has 0 aromatic carbocycles. The third-order valence-electron chi connectivity index (χ3n) is 3.22. The molecule has 1 rings (SSSR count). The number of allylic oxidation sites excluding steroid dienone is 3. The predicted molar refractivity (Wildman–Crippen MR) is 90.9 cm³/mol. The standard InChI is InChI=1S/C16H20N4O5/c1-11(14(9-17)19-23-3)18-25-10-12-7-5-6-8-13(12)15(20-24-4)16(21)22-2/h5-6,8,12H,7,10H2,1-4H3/b18-11?,19-14+,20-15+. The van der Waals surface area contributed by atoms with E-state index in [1.807, 2.05) is 18.2 Å². The SMILES string of the molecule is CO/N=C(\C#N)C(C)=NOCC1CC=CC=C1/C(=N\OC)C(=O)OC. The third-order valence-corrected chi connectivity index (χ3v) is 3.22. The number of oxime groups is 3. The number of ether oxygens (including phenoxy) is 1. The Morgan fingerprint density at radius 2 is 2.00 bits per heavy atom. The lowest BCUT2D eigenvalue weighted by atomic mass is 9.89. The first-order valence-corrected chi connectivity index (χ1v) is 7.33. The van der Waals surface area contributed by atoms with Crippen LogP contribution in [0.3, 0.4) is 0 Å². The molecule has 134 valence electrons. The summed E-state index contributed by atoms with van der Waals surface area (Å²) in [6, 6.07) is 1.85. The van der Waals surface area contributed by atoms with E-state index >= 15 is 0 Å². The van der Waals surface area contributed by atoms with Crippen LogP contribution in [0.2, 0.25) is 0 Å². The highest BCUT2D eigenvalue weighted by molar-refractivity contribution is 6.47. The highest BCUT2D eigenvalue weighted by Crippen LogP contribution is 2.23. The van der Waals surface area contributed by atoms with E-state index in [0.29, 0.717) is 12.0 Å². The summed E-state index contributed by atoms with van der Waals surface area (Å²) in [5.74, 6) is -0.786. The molecule has 1 atom stereocenters. The molecule has 0 saturated carbocycles. The minimum atomic E-state index is -0.605. The molecule has 0 radical (unpaired) electrons. The Hall–Kier alpha value is -3.15. The highest BCUT2D eigenvalue weighted by atomic mass is 16.6. The first-order chi connectivity index (χ1) is 12.1. The number of rotatable bonds is 8. The zero-order chi connectivity index (χ0) is 18.7. The predicted octanol–water partition coefficient (Wildman–Crippen LogP) is 1.58. The maximum Gasteiger partial charge on any atom is 0.360 e. The van der Waals surface area contributed by atoms with Crippen molar-refractivity contribution >= 4 is 23.1 Å². The largest absolute Gasteiger partial charge is 0.464 e. The number of hydrogen-bond donors (Lipinski definition) is 0. The summed E-state index contributed by atoms with van der Waals surface area (Å²) >= 11 is 0. The molecule has 1 aliphatic rings. The second-order valence-corrected chi connectivity index (χ2v) is 4.80. The average molecular weight is 348 g/mol. The molecule has 0 N–H and O–H groups in total. The summed E-state index contributed by atoms with van der Waals surface area (Å²) < 4.78 is 4.73. The van der Waals surface area contributed by atoms with Crippen molar-refractivity contribution in [2.24, 2.45) is 21.4 Å². The molecule has 0 bridgehead atoms. The number of carbonyl (C=O) groups is 1. The second kappa shape index (κ2) is 10.6. The Bertz CT molecular complexity index is 671. The molecule has 0 fully saturated rings. The lowest BCUT2D eigenvalue weighted by molar-refractivity contribution is -0.132. The van der Waals surface area contributed by atoms with Crippen molar-refractivity contribution in [3.8, 4) is 6.07 Å². The molecule has 1 aliphatic carbocycles. The summed E-state index contributed by atoms with van der Waals surface area (Å²) in [6.45, 7) is 1.74. The zero-order valence-electron chi connectivity index (χ0n) is 14.6. The fourth-order valence-electron chi connectivity index (χ4n) is 2.03. The van der Waals surface area contributed by atoms with E-state index in [9.17, 15) is 4.79 Å². The van der Waals surface area contributed by atoms with Crippen molar-refractivity contribution < 1.29 is 24.0 Å². The summed E-state index contributed by atoms with van der Waals surface area (Å²) in [7, 11) is 3.95. The molecular weight excluding hydrogens is 328 g/mol. The Kier molecular flexibility index (Phi) is 8.43. The number of carbonyl (C=O) groups excluding carboxylic acids is 1. The monoisotopic (exact) mass is 348 g/mol. The highest BCUT2D eigenvalue weighted by Gasteiger charge is 2.27. The molecule has 0 amide bonds. The van der Waals surface area contributed by atoms with E-state index < -0.39 is 5.97 Å². The van der Waals surface area contributed by atoms with Crippen LogP contribution in [0, 0.1) is 17.2 Å². The minimum absolute atomic E-state index is 0.0120. The Balaban J connectivity index is 2.88. The van der Waals surface area contributed by atoms with Gasteiger partial charge in [0, 0.05) is 5.92 Å². The van der Waals surface area contributed by atoms with E-state index in [-0.39, 0.29) is 29.7 Å². The summed E-state index contributed by atoms with van der Waals surface area (Å²) in [5.41, 5.74) is 0.982. The van der Waals surface area contributed by atoms with Crippen LogP contribution in [0.1, 0.15) is 13.3 Å². The van der Waals surface area contributed by atoms with E-state index in [2.05, 4.69) is 20.3 Å². The number of methoxy groups -OCH3 is 1. The minimum Gasteiger partial charge on any atom is -0.464 e. The van der Waals surface area contributed by atoms with E-state index in [4.69, 9.17) is 19.7 Å². The van der Waals surface area contributed by atoms with Gasteiger partial charge in [-0.05, 0) is 18.9 Å². The van der Waals surface area contributed by atoms with Crippen LogP contribution in [-0.2, 0) is 24.0 Å². The van der Waals surface area contributed by atoms with Crippen LogP contribution in [0.5, 0.6) is 0 Å². The van der Waals surface area contributed by atoms with E-state index in [0.717, 1.165) is 0 Å². The van der Waals surface area contributed by atoms with Gasteiger partial charge in [-0.15, -0.1) is 0 Å². The molecule has 0 heterocycles. The average Bonchev–Trinajstić information content (AvgIpc) is 2.64. The van der Waals surface area contributed by atoms with Gasteiger partial charge >= 0.3 is 5.97 Å². The Morgan fingerprint density at radius 1 is 1.28 bits per heavy atom. The van der Waals surface area contributed by atoms with Crippen molar-refractivity contribution in [1.82, 2.24) is 0 Å². The molecule has 0 aromatic heterocycles. The summed E-state index contributed by atoms with van der Waals surface area (Å²) in [5, 5.41) is 20.1. The van der Waals surface area contributed by atoms with Gasteiger partial charge in [-0.1, -0.05) is 33.7 Å². The van der Waals surface area contributed by atoms with Crippen LogP contribution in [0.25, 0.3) is 0 Å². The zero-order valence-corrected chi connectivity index (χ0v) is 14.6. The van der Waals surface area contributed by atoms with E-state index in [1.54, 1.807) is 13.0 Å². The first kappa shape index (κ1) is 19.9. The van der Waals surface area contributed by atoms with Gasteiger partial charge in [0.05, 0.1) is 7.11 Å². The molecular formula is C16H20N4O5. The molecule has 9 heteroatoms. The van der Waals surface area contributed by atoms with Gasteiger partial charge in [-0.25, -0.2) is 4.79 Å². The van der Waals surface area contributed by atoms with Gasteiger partial charge in [0.25, 0.3) is 0 Å². The smallest absolute Gasteiger partial charge is 0.360 e. The van der Waals surface area contributed by atoms with Crippen LogP contribution < -0.4 is 0 Å². The van der Waals surface area contributed by atoms with Gasteiger partial charge in [-0.2, -0.15) is 5.26 Å². The van der Waals surface area contributed by atoms with Gasteiger partial charge < -0.3 is 19.2 Å². The Labute approximate surface area is 145 Å². The number of esters is 1. The molecule has 0 saturated heterocycles. The van der Waals surface area contributed by atoms with Gasteiger partial charge in [0.2, 0.25) is 5.71 Å². The topological polar surface area (TPSA) is 115 Å². The maximum absolute atomic E-state index is 11.9. The fraction of sp³-hybridized carbons (Fsp3) is 0.438.